The maximum atomic E-state index is 8.68. The molecule has 1 N–H and O–H groups in total. The van der Waals surface area contributed by atoms with Crippen LogP contribution in [0.4, 0.5) is 0 Å². The van der Waals surface area contributed by atoms with Crippen LogP contribution < -0.4 is 5.32 Å². The third kappa shape index (κ3) is 2.32. The third-order valence-electron chi connectivity index (χ3n) is 3.69. The quantitative estimate of drug-likeness (QED) is 0.769. The number of nitrogens with zero attached hydrogens (tertiary/aromatic N) is 1. The van der Waals surface area contributed by atoms with Crippen molar-refractivity contribution in [1.82, 2.24) is 5.32 Å². The van der Waals surface area contributed by atoms with Crippen LogP contribution in [0.2, 0.25) is 0 Å². The van der Waals surface area contributed by atoms with E-state index in [0.29, 0.717) is 24.5 Å². The average Bonchev–Trinajstić information content (AvgIpc) is 2.62. The van der Waals surface area contributed by atoms with E-state index >= 15 is 0 Å². The second-order valence-corrected chi connectivity index (χ2v) is 4.65. The topological polar surface area (TPSA) is 45.0 Å². The van der Waals surface area contributed by atoms with Crippen molar-refractivity contribution in [3.63, 3.8) is 0 Å². The molecule has 0 aromatic carbocycles. The predicted octanol–water partition coefficient (Wildman–Crippen LogP) is 1.84. The maximum absolute atomic E-state index is 8.68. The fourth-order valence-electron chi connectivity index (χ4n) is 3.07. The van der Waals surface area contributed by atoms with Crippen molar-refractivity contribution in [3.8, 4) is 6.07 Å². The molecule has 2 fully saturated rings. The summed E-state index contributed by atoms with van der Waals surface area (Å²) in [6.07, 6.45) is 5.98. The van der Waals surface area contributed by atoms with Gasteiger partial charge in [-0.1, -0.05) is 6.92 Å². The van der Waals surface area contributed by atoms with Crippen molar-refractivity contribution in [2.75, 3.05) is 6.54 Å². The van der Waals surface area contributed by atoms with Crippen LogP contribution in [-0.2, 0) is 4.74 Å². The van der Waals surface area contributed by atoms with Crippen LogP contribution in [0.25, 0.3) is 0 Å². The first-order chi connectivity index (χ1) is 7.35. The lowest BCUT2D eigenvalue weighted by atomic mass is 9.81. The summed E-state index contributed by atoms with van der Waals surface area (Å²) < 4.78 is 5.92. The summed E-state index contributed by atoms with van der Waals surface area (Å²) >= 11 is 0. The van der Waals surface area contributed by atoms with Crippen LogP contribution in [0.3, 0.4) is 0 Å². The molecule has 3 nitrogen and oxygen atoms in total. The minimum Gasteiger partial charge on any atom is -0.374 e. The Kier molecular flexibility index (Phi) is 3.61. The van der Waals surface area contributed by atoms with Crippen molar-refractivity contribution in [2.24, 2.45) is 5.92 Å². The van der Waals surface area contributed by atoms with Gasteiger partial charge in [0.05, 0.1) is 24.7 Å². The highest BCUT2D eigenvalue weighted by atomic mass is 16.5. The smallest absolute Gasteiger partial charge is 0.0713 e. The molecule has 1 heterocycles. The van der Waals surface area contributed by atoms with Gasteiger partial charge in [-0.25, -0.2) is 0 Å². The van der Waals surface area contributed by atoms with E-state index < -0.39 is 0 Å². The number of hydrogen-bond acceptors (Lipinski definition) is 3. The molecule has 0 aromatic rings. The van der Waals surface area contributed by atoms with E-state index in [4.69, 9.17) is 10.00 Å². The van der Waals surface area contributed by atoms with Crippen LogP contribution in [0.5, 0.6) is 0 Å². The van der Waals surface area contributed by atoms with Gasteiger partial charge in [0.2, 0.25) is 0 Å². The number of nitriles is 1. The fourth-order valence-corrected chi connectivity index (χ4v) is 3.07. The Hall–Kier alpha value is -0.590. The normalized spacial score (nSPS) is 39.7. The number of rotatable bonds is 3. The summed E-state index contributed by atoms with van der Waals surface area (Å²) in [6, 6.07) is 2.84. The Labute approximate surface area is 91.8 Å². The van der Waals surface area contributed by atoms with E-state index in [-0.39, 0.29) is 6.10 Å². The number of fused-ring (bicyclic) bond motifs is 1. The van der Waals surface area contributed by atoms with E-state index in [1.807, 2.05) is 0 Å². The second kappa shape index (κ2) is 4.96. The van der Waals surface area contributed by atoms with Crippen LogP contribution in [-0.4, -0.2) is 24.8 Å². The van der Waals surface area contributed by atoms with Gasteiger partial charge in [0, 0.05) is 12.0 Å². The highest BCUT2D eigenvalue weighted by Gasteiger charge is 2.41. The van der Waals surface area contributed by atoms with Crippen LogP contribution in [0.1, 0.15) is 39.0 Å². The Morgan fingerprint density at radius 1 is 1.47 bits per heavy atom. The summed E-state index contributed by atoms with van der Waals surface area (Å²) in [4.78, 5) is 0. The van der Waals surface area contributed by atoms with E-state index in [9.17, 15) is 0 Å². The predicted molar refractivity (Wildman–Crippen MR) is 58.3 cm³/mol. The van der Waals surface area contributed by atoms with Crippen molar-refractivity contribution in [1.29, 1.82) is 5.26 Å². The molecule has 1 aliphatic carbocycles. The Morgan fingerprint density at radius 3 is 3.07 bits per heavy atom. The first kappa shape index (κ1) is 10.9. The van der Waals surface area contributed by atoms with Gasteiger partial charge in [0.25, 0.3) is 0 Å². The van der Waals surface area contributed by atoms with Crippen LogP contribution >= 0.6 is 0 Å². The molecule has 1 saturated heterocycles. The lowest BCUT2D eigenvalue weighted by molar-refractivity contribution is 0.0142. The molecule has 0 amide bonds. The second-order valence-electron chi connectivity index (χ2n) is 4.65. The van der Waals surface area contributed by atoms with Gasteiger partial charge in [0.15, 0.2) is 0 Å². The molecule has 2 rings (SSSR count). The number of ether oxygens (including phenoxy) is 1. The lowest BCUT2D eigenvalue weighted by Crippen LogP contribution is -2.42. The SMILES string of the molecule is CCNC1CCCC2OC(CC#N)CC12. The molecule has 3 heteroatoms. The monoisotopic (exact) mass is 208 g/mol. The molecule has 15 heavy (non-hydrogen) atoms. The highest BCUT2D eigenvalue weighted by molar-refractivity contribution is 4.95. The van der Waals surface area contributed by atoms with Gasteiger partial charge < -0.3 is 10.1 Å². The molecule has 1 saturated carbocycles. The van der Waals surface area contributed by atoms with E-state index in [1.54, 1.807) is 0 Å². The van der Waals surface area contributed by atoms with E-state index in [1.165, 1.54) is 19.3 Å². The highest BCUT2D eigenvalue weighted by Crippen LogP contribution is 2.38. The molecule has 2 aliphatic rings. The number of nitrogens with one attached hydrogen (secondary N) is 1. The molecular weight excluding hydrogens is 188 g/mol. The van der Waals surface area contributed by atoms with E-state index in [2.05, 4.69) is 18.3 Å². The largest absolute Gasteiger partial charge is 0.374 e. The Bertz CT molecular complexity index is 246. The van der Waals surface area contributed by atoms with Crippen LogP contribution in [0, 0.1) is 17.2 Å². The van der Waals surface area contributed by atoms with Gasteiger partial charge in [-0.05, 0) is 32.2 Å². The van der Waals surface area contributed by atoms with E-state index in [0.717, 1.165) is 13.0 Å². The van der Waals surface area contributed by atoms with Gasteiger partial charge in [-0.2, -0.15) is 5.26 Å². The first-order valence-electron chi connectivity index (χ1n) is 6.11. The molecule has 0 aromatic heterocycles. The molecule has 4 atom stereocenters. The van der Waals surface area contributed by atoms with Crippen molar-refractivity contribution in [3.05, 3.63) is 0 Å². The van der Waals surface area contributed by atoms with Crippen molar-refractivity contribution in [2.45, 2.75) is 57.3 Å². The third-order valence-corrected chi connectivity index (χ3v) is 3.69. The molecule has 4 unspecified atom stereocenters. The molecular formula is C12H20N2O. The zero-order valence-corrected chi connectivity index (χ0v) is 9.41. The number of hydrogen-bond donors (Lipinski definition) is 1. The fraction of sp³-hybridized carbons (Fsp3) is 0.917. The van der Waals surface area contributed by atoms with Gasteiger partial charge in [-0.15, -0.1) is 0 Å². The lowest BCUT2D eigenvalue weighted by Gasteiger charge is -2.33. The molecule has 0 radical (unpaired) electrons. The van der Waals surface area contributed by atoms with Crippen molar-refractivity contribution < 1.29 is 4.74 Å². The Balaban J connectivity index is 1.94. The molecule has 0 spiro atoms. The maximum Gasteiger partial charge on any atom is 0.0713 e. The minimum absolute atomic E-state index is 0.198. The summed E-state index contributed by atoms with van der Waals surface area (Å²) in [5.74, 6) is 0.650. The molecule has 1 aliphatic heterocycles. The van der Waals surface area contributed by atoms with Crippen LogP contribution in [0.15, 0.2) is 0 Å². The minimum atomic E-state index is 0.198. The first-order valence-corrected chi connectivity index (χ1v) is 6.11. The summed E-state index contributed by atoms with van der Waals surface area (Å²) in [5.41, 5.74) is 0. The molecule has 0 bridgehead atoms. The summed E-state index contributed by atoms with van der Waals surface area (Å²) in [5, 5.41) is 12.2. The summed E-state index contributed by atoms with van der Waals surface area (Å²) in [6.45, 7) is 3.20. The zero-order valence-electron chi connectivity index (χ0n) is 9.41. The van der Waals surface area contributed by atoms with Gasteiger partial charge in [0.1, 0.15) is 0 Å². The van der Waals surface area contributed by atoms with Gasteiger partial charge in [-0.3, -0.25) is 0 Å². The average molecular weight is 208 g/mol. The standard InChI is InChI=1S/C12H20N2O/c1-2-14-11-4-3-5-12-10(11)8-9(15-12)6-7-13/h9-12,14H,2-6,8H2,1H3. The van der Waals surface area contributed by atoms with Crippen molar-refractivity contribution >= 4 is 0 Å². The molecule has 84 valence electrons. The zero-order chi connectivity index (χ0) is 10.7. The summed E-state index contributed by atoms with van der Waals surface area (Å²) in [7, 11) is 0. The Morgan fingerprint density at radius 2 is 2.33 bits per heavy atom. The van der Waals surface area contributed by atoms with Gasteiger partial charge >= 0.3 is 0 Å².